The lowest BCUT2D eigenvalue weighted by Crippen LogP contribution is -2.41. The normalized spacial score (nSPS) is 17.2. The summed E-state index contributed by atoms with van der Waals surface area (Å²) >= 11 is 0. The van der Waals surface area contributed by atoms with Crippen molar-refractivity contribution in [1.82, 2.24) is 19.9 Å². The SMILES string of the molecule is CC(C)[C@H]1CN(c2cnc(C(F)(F)F)nc2)C(=O)N1CC(=O)Cc1ccc(C(F)(F)F)nc1. The van der Waals surface area contributed by atoms with Crippen molar-refractivity contribution in [2.75, 3.05) is 18.0 Å². The summed E-state index contributed by atoms with van der Waals surface area (Å²) in [6, 6.07) is 0.892. The van der Waals surface area contributed by atoms with Crippen molar-refractivity contribution < 1.29 is 35.9 Å². The van der Waals surface area contributed by atoms with E-state index in [1.54, 1.807) is 0 Å². The van der Waals surface area contributed by atoms with Crippen LogP contribution in [0, 0.1) is 5.92 Å². The zero-order valence-electron chi connectivity index (χ0n) is 17.5. The molecule has 2 amide bonds. The first-order valence-corrected chi connectivity index (χ1v) is 9.78. The summed E-state index contributed by atoms with van der Waals surface area (Å²) in [5, 5.41) is 0. The third kappa shape index (κ3) is 5.57. The molecule has 178 valence electrons. The van der Waals surface area contributed by atoms with Crippen LogP contribution in [0.15, 0.2) is 30.7 Å². The molecule has 1 fully saturated rings. The van der Waals surface area contributed by atoms with Crippen molar-refractivity contribution >= 4 is 17.5 Å². The van der Waals surface area contributed by atoms with Crippen LogP contribution in [-0.2, 0) is 23.6 Å². The van der Waals surface area contributed by atoms with E-state index < -0.39 is 41.7 Å². The number of nitrogens with zero attached hydrogens (tertiary/aromatic N) is 5. The van der Waals surface area contributed by atoms with Crippen molar-refractivity contribution in [3.63, 3.8) is 0 Å². The van der Waals surface area contributed by atoms with Crippen molar-refractivity contribution in [2.24, 2.45) is 5.92 Å². The largest absolute Gasteiger partial charge is 0.451 e. The Kier molecular flexibility index (Phi) is 6.61. The first kappa shape index (κ1) is 24.4. The quantitative estimate of drug-likeness (QED) is 0.591. The zero-order valence-corrected chi connectivity index (χ0v) is 17.5. The van der Waals surface area contributed by atoms with Crippen LogP contribution in [0.1, 0.15) is 30.9 Å². The van der Waals surface area contributed by atoms with E-state index in [0.717, 1.165) is 30.7 Å². The van der Waals surface area contributed by atoms with Gasteiger partial charge in [0.2, 0.25) is 5.82 Å². The molecule has 0 N–H and O–H groups in total. The fourth-order valence-electron chi connectivity index (χ4n) is 3.41. The van der Waals surface area contributed by atoms with Gasteiger partial charge in [0.25, 0.3) is 0 Å². The number of aromatic nitrogens is 3. The highest BCUT2D eigenvalue weighted by molar-refractivity contribution is 5.97. The molecule has 1 saturated heterocycles. The molecule has 1 aliphatic rings. The van der Waals surface area contributed by atoms with Crippen LogP contribution in [0.3, 0.4) is 0 Å². The molecule has 7 nitrogen and oxygen atoms in total. The van der Waals surface area contributed by atoms with E-state index in [1.807, 2.05) is 13.8 Å². The Bertz CT molecular complexity index is 1010. The van der Waals surface area contributed by atoms with Crippen molar-refractivity contribution in [2.45, 2.75) is 38.7 Å². The number of hydrogen-bond acceptors (Lipinski definition) is 5. The average molecular weight is 475 g/mol. The summed E-state index contributed by atoms with van der Waals surface area (Å²) in [7, 11) is 0. The minimum atomic E-state index is -4.72. The van der Waals surface area contributed by atoms with Crippen LogP contribution in [-0.4, -0.2) is 50.8 Å². The lowest BCUT2D eigenvalue weighted by Gasteiger charge is -2.25. The zero-order chi connectivity index (χ0) is 24.6. The summed E-state index contributed by atoms with van der Waals surface area (Å²) in [4.78, 5) is 37.8. The van der Waals surface area contributed by atoms with E-state index in [1.165, 1.54) is 9.80 Å². The topological polar surface area (TPSA) is 79.3 Å². The van der Waals surface area contributed by atoms with E-state index in [4.69, 9.17) is 0 Å². The molecule has 0 radical (unpaired) electrons. The van der Waals surface area contributed by atoms with Gasteiger partial charge in [-0.1, -0.05) is 19.9 Å². The number of rotatable bonds is 6. The van der Waals surface area contributed by atoms with Gasteiger partial charge in [-0.2, -0.15) is 26.3 Å². The Morgan fingerprint density at radius 2 is 1.67 bits per heavy atom. The number of urea groups is 1. The Morgan fingerprint density at radius 3 is 2.15 bits per heavy atom. The van der Waals surface area contributed by atoms with Gasteiger partial charge in [0, 0.05) is 19.2 Å². The lowest BCUT2D eigenvalue weighted by atomic mass is 10.0. The van der Waals surface area contributed by atoms with Crippen LogP contribution in [0.5, 0.6) is 0 Å². The second-order valence-electron chi connectivity index (χ2n) is 7.86. The smallest absolute Gasteiger partial charge is 0.312 e. The molecule has 1 aliphatic heterocycles. The second kappa shape index (κ2) is 8.94. The van der Waals surface area contributed by atoms with Gasteiger partial charge >= 0.3 is 18.4 Å². The third-order valence-corrected chi connectivity index (χ3v) is 5.08. The number of halogens is 6. The maximum Gasteiger partial charge on any atom is 0.451 e. The molecule has 0 aliphatic carbocycles. The summed E-state index contributed by atoms with van der Waals surface area (Å²) in [6.45, 7) is 3.44. The second-order valence-corrected chi connectivity index (χ2v) is 7.86. The highest BCUT2D eigenvalue weighted by Gasteiger charge is 2.41. The van der Waals surface area contributed by atoms with Gasteiger partial charge in [0.15, 0.2) is 5.78 Å². The number of carbonyl (C=O) groups excluding carboxylic acids is 2. The maximum absolute atomic E-state index is 12.9. The standard InChI is InChI=1S/C20H19F6N5O2/c1-11(2)15-10-30(13-7-28-17(29-8-13)20(24,25)26)18(33)31(15)9-14(32)5-12-3-4-16(27-6-12)19(21,22)23/h3-4,6-8,11,15H,5,9-10H2,1-2H3/t15-/m1/s1. The van der Waals surface area contributed by atoms with Crippen LogP contribution >= 0.6 is 0 Å². The Hall–Kier alpha value is -3.25. The third-order valence-electron chi connectivity index (χ3n) is 5.08. The van der Waals surface area contributed by atoms with Crippen LogP contribution in [0.2, 0.25) is 0 Å². The fourth-order valence-corrected chi connectivity index (χ4v) is 3.41. The molecule has 13 heteroatoms. The van der Waals surface area contributed by atoms with Gasteiger partial charge in [-0.15, -0.1) is 0 Å². The molecule has 2 aromatic rings. The molecule has 0 unspecified atom stereocenters. The fraction of sp³-hybridized carbons (Fsp3) is 0.450. The Balaban J connectivity index is 1.72. The van der Waals surface area contributed by atoms with Gasteiger partial charge in [0.05, 0.1) is 30.7 Å². The molecular weight excluding hydrogens is 456 g/mol. The molecule has 33 heavy (non-hydrogen) atoms. The number of alkyl halides is 6. The minimum absolute atomic E-state index is 0.0561. The molecule has 3 rings (SSSR count). The van der Waals surface area contributed by atoms with E-state index >= 15 is 0 Å². The van der Waals surface area contributed by atoms with E-state index in [2.05, 4.69) is 15.0 Å². The predicted molar refractivity (Wildman–Crippen MR) is 103 cm³/mol. The summed E-state index contributed by atoms with van der Waals surface area (Å²) in [5.74, 6) is -1.86. The van der Waals surface area contributed by atoms with Crippen LogP contribution in [0.25, 0.3) is 0 Å². The molecule has 3 heterocycles. The first-order chi connectivity index (χ1) is 15.3. The Labute approximate surface area is 184 Å². The van der Waals surface area contributed by atoms with Crippen LogP contribution < -0.4 is 4.90 Å². The molecule has 0 spiro atoms. The minimum Gasteiger partial charge on any atom is -0.312 e. The van der Waals surface area contributed by atoms with E-state index in [9.17, 15) is 35.9 Å². The highest BCUT2D eigenvalue weighted by atomic mass is 19.4. The van der Waals surface area contributed by atoms with Gasteiger partial charge in [0.1, 0.15) is 5.69 Å². The summed E-state index contributed by atoms with van der Waals surface area (Å²) in [5.41, 5.74) is -0.767. The predicted octanol–water partition coefficient (Wildman–Crippen LogP) is 3.99. The van der Waals surface area contributed by atoms with Crippen molar-refractivity contribution in [1.29, 1.82) is 0 Å². The number of anilines is 1. The number of carbonyl (C=O) groups is 2. The summed E-state index contributed by atoms with van der Waals surface area (Å²) < 4.78 is 76.0. The Morgan fingerprint density at radius 1 is 1.03 bits per heavy atom. The number of amides is 2. The highest BCUT2D eigenvalue weighted by Crippen LogP contribution is 2.30. The molecule has 2 aromatic heterocycles. The van der Waals surface area contributed by atoms with Gasteiger partial charge in [-0.25, -0.2) is 14.8 Å². The molecule has 1 atom stereocenters. The molecule has 0 saturated carbocycles. The number of ketones is 1. The maximum atomic E-state index is 12.9. The number of Topliss-reactive ketones (excluding diaryl/α,β-unsaturated/α-hetero) is 1. The molecular formula is C20H19F6N5O2. The molecule has 0 aromatic carbocycles. The molecule has 0 bridgehead atoms. The first-order valence-electron chi connectivity index (χ1n) is 9.78. The monoisotopic (exact) mass is 475 g/mol. The lowest BCUT2D eigenvalue weighted by molar-refractivity contribution is -0.145. The number of pyridine rings is 1. The van der Waals surface area contributed by atoms with Crippen molar-refractivity contribution in [3.8, 4) is 0 Å². The number of hydrogen-bond donors (Lipinski definition) is 0. The van der Waals surface area contributed by atoms with Gasteiger partial charge in [-0.3, -0.25) is 14.7 Å². The van der Waals surface area contributed by atoms with E-state index in [0.29, 0.717) is 0 Å². The van der Waals surface area contributed by atoms with Gasteiger partial charge in [-0.05, 0) is 17.5 Å². The summed E-state index contributed by atoms with van der Waals surface area (Å²) in [6.07, 6.45) is -6.81. The average Bonchev–Trinajstić information content (AvgIpc) is 3.03. The van der Waals surface area contributed by atoms with Crippen LogP contribution in [0.4, 0.5) is 36.8 Å². The van der Waals surface area contributed by atoms with Crippen molar-refractivity contribution in [3.05, 3.63) is 47.8 Å². The van der Waals surface area contributed by atoms with E-state index in [-0.39, 0.29) is 36.7 Å². The van der Waals surface area contributed by atoms with Gasteiger partial charge < -0.3 is 4.90 Å².